The number of ether oxygens (including phenoxy) is 2. The maximum Gasteiger partial charge on any atom is 0.264 e. The van der Waals surface area contributed by atoms with Crippen molar-refractivity contribution in [1.29, 1.82) is 0 Å². The number of sulfonamides is 1. The van der Waals surface area contributed by atoms with Crippen LogP contribution in [0.5, 0.6) is 5.75 Å². The highest BCUT2D eigenvalue weighted by atomic mass is 35.5. The second-order valence-corrected chi connectivity index (χ2v) is 24.8. The normalized spacial score (nSPS) is 34.3. The number of hydrogen-bond donors (Lipinski definition) is 1. The van der Waals surface area contributed by atoms with Crippen molar-refractivity contribution < 1.29 is 35.9 Å². The fraction of sp³-hybridized carbons (Fsp3) is 0.600. The topological polar surface area (TPSA) is 146 Å². The third-order valence-corrected chi connectivity index (χ3v) is 20.3. The van der Waals surface area contributed by atoms with Gasteiger partial charge in [0.05, 0.1) is 28.2 Å². The first-order valence-electron chi connectivity index (χ1n) is 24.0. The van der Waals surface area contributed by atoms with Gasteiger partial charge in [0.1, 0.15) is 11.4 Å². The lowest BCUT2D eigenvalue weighted by Crippen LogP contribution is -2.65. The average molecular weight is 965 g/mol. The summed E-state index contributed by atoms with van der Waals surface area (Å²) in [6.07, 6.45) is 16.3. The van der Waals surface area contributed by atoms with Gasteiger partial charge in [-0.3, -0.25) is 19.4 Å². The number of amides is 2. The summed E-state index contributed by atoms with van der Waals surface area (Å²) in [7, 11) is -5.81. The molecule has 2 aromatic carbocycles. The van der Waals surface area contributed by atoms with Gasteiger partial charge in [0.2, 0.25) is 15.9 Å². The van der Waals surface area contributed by atoms with Crippen molar-refractivity contribution in [2.75, 3.05) is 83.3 Å². The second kappa shape index (κ2) is 19.0. The number of rotatable bonds is 7. The Labute approximate surface area is 396 Å². The summed E-state index contributed by atoms with van der Waals surface area (Å²) >= 11 is 6.58. The molecule has 358 valence electrons. The Balaban J connectivity index is 0.990. The van der Waals surface area contributed by atoms with Gasteiger partial charge in [-0.1, -0.05) is 67.4 Å². The van der Waals surface area contributed by atoms with Crippen molar-refractivity contribution in [3.63, 3.8) is 0 Å². The van der Waals surface area contributed by atoms with Crippen LogP contribution in [0.25, 0.3) is 0 Å². The summed E-state index contributed by atoms with van der Waals surface area (Å²) < 4.78 is 69.6. The zero-order valence-corrected chi connectivity index (χ0v) is 40.9. The summed E-state index contributed by atoms with van der Waals surface area (Å²) in [5, 5.41) is -0.0728. The number of nitrogens with one attached hydrogen (secondary N) is 1. The molecule has 16 heteroatoms. The van der Waals surface area contributed by atoms with E-state index in [-0.39, 0.29) is 63.7 Å². The van der Waals surface area contributed by atoms with Gasteiger partial charge in [-0.15, -0.1) is 0 Å². The second-order valence-electron chi connectivity index (χ2n) is 20.3. The first kappa shape index (κ1) is 47.3. The third kappa shape index (κ3) is 9.50. The van der Waals surface area contributed by atoms with E-state index in [9.17, 15) is 26.4 Å². The SMILES string of the molecule is COC1(CN2CCN3CCN(C(=O)CCS(=O)(=O)c4ccccc4)C[C@@H]3C2)/C=C/C[C@H](C)[C@@H](C)S(=O)(=O)NC(=O)c2ccc3c(c2)N(C[C@@H]2CCC21)C[C@@]1(CCCC2C=C(Cl)C=CC21)CO3. The number of fused-ring (bicyclic) bond motifs is 5. The van der Waals surface area contributed by atoms with Gasteiger partial charge in [0.25, 0.3) is 5.91 Å². The Morgan fingerprint density at radius 2 is 1.82 bits per heavy atom. The number of piperazine rings is 2. The number of allylic oxidation sites excluding steroid dienone is 5. The fourth-order valence-electron chi connectivity index (χ4n) is 12.2. The van der Waals surface area contributed by atoms with E-state index in [4.69, 9.17) is 21.1 Å². The lowest BCUT2D eigenvalue weighted by Gasteiger charge is -2.54. The summed E-state index contributed by atoms with van der Waals surface area (Å²) in [5.74, 6) is 0.297. The van der Waals surface area contributed by atoms with Gasteiger partial charge in [0, 0.05) is 94.5 Å². The first-order chi connectivity index (χ1) is 31.6. The molecule has 2 saturated carbocycles. The molecule has 4 unspecified atom stereocenters. The van der Waals surface area contributed by atoms with Crippen molar-refractivity contribution in [2.45, 2.75) is 80.6 Å². The molecule has 9 rings (SSSR count). The van der Waals surface area contributed by atoms with Gasteiger partial charge < -0.3 is 19.3 Å². The third-order valence-electron chi connectivity index (χ3n) is 16.4. The van der Waals surface area contributed by atoms with E-state index in [1.807, 2.05) is 30.0 Å². The van der Waals surface area contributed by atoms with Crippen molar-refractivity contribution in [3.8, 4) is 5.75 Å². The minimum absolute atomic E-state index is 0.0571. The van der Waals surface area contributed by atoms with E-state index >= 15 is 0 Å². The van der Waals surface area contributed by atoms with Crippen LogP contribution in [0.15, 0.2) is 88.8 Å². The van der Waals surface area contributed by atoms with Crippen LogP contribution in [0, 0.1) is 35.0 Å². The van der Waals surface area contributed by atoms with E-state index in [0.717, 1.165) is 69.0 Å². The molecule has 4 heterocycles. The van der Waals surface area contributed by atoms with Crippen LogP contribution >= 0.6 is 11.6 Å². The van der Waals surface area contributed by atoms with E-state index in [2.05, 4.69) is 43.7 Å². The smallest absolute Gasteiger partial charge is 0.264 e. The Kier molecular flexibility index (Phi) is 13.6. The number of methoxy groups -OCH3 is 1. The van der Waals surface area contributed by atoms with E-state index < -0.39 is 36.6 Å². The predicted octanol–water partition coefficient (Wildman–Crippen LogP) is 6.13. The molecule has 0 radical (unpaired) electrons. The molecule has 1 N–H and O–H groups in total. The Morgan fingerprint density at radius 1 is 1.02 bits per heavy atom. The highest BCUT2D eigenvalue weighted by molar-refractivity contribution is 7.91. The van der Waals surface area contributed by atoms with Crippen molar-refractivity contribution >= 4 is 49.0 Å². The number of anilines is 1. The molecule has 9 atom stereocenters. The average Bonchev–Trinajstić information content (AvgIpc) is 3.45. The summed E-state index contributed by atoms with van der Waals surface area (Å²) in [6, 6.07) is 13.7. The highest BCUT2D eigenvalue weighted by Crippen LogP contribution is 2.53. The van der Waals surface area contributed by atoms with Crippen LogP contribution in [0.1, 0.15) is 69.2 Å². The lowest BCUT2D eigenvalue weighted by molar-refractivity contribution is -0.136. The van der Waals surface area contributed by atoms with Crippen LogP contribution in [0.2, 0.25) is 0 Å². The zero-order chi connectivity index (χ0) is 46.4. The monoisotopic (exact) mass is 963 g/mol. The molecule has 1 spiro atoms. The van der Waals surface area contributed by atoms with Crippen LogP contribution in [0.4, 0.5) is 5.69 Å². The fourth-order valence-corrected chi connectivity index (χ4v) is 14.9. The molecule has 2 amide bonds. The number of sulfone groups is 1. The number of carbonyl (C=O) groups excluding carboxylic acids is 2. The van der Waals surface area contributed by atoms with Gasteiger partial charge >= 0.3 is 0 Å². The van der Waals surface area contributed by atoms with Crippen LogP contribution in [-0.2, 0) is 29.4 Å². The molecule has 2 bridgehead atoms. The molecule has 2 saturated heterocycles. The number of hydrogen-bond acceptors (Lipinski definition) is 11. The van der Waals surface area contributed by atoms with Crippen LogP contribution in [0.3, 0.4) is 0 Å². The van der Waals surface area contributed by atoms with Crippen molar-refractivity contribution in [3.05, 3.63) is 89.5 Å². The van der Waals surface area contributed by atoms with E-state index in [1.54, 1.807) is 50.4 Å². The number of halogens is 1. The molecular weight excluding hydrogens is 898 g/mol. The van der Waals surface area contributed by atoms with E-state index in [0.29, 0.717) is 57.4 Å². The molecule has 4 fully saturated rings. The summed E-state index contributed by atoms with van der Waals surface area (Å²) in [4.78, 5) is 36.8. The molecule has 7 aliphatic rings. The number of nitrogens with zero attached hydrogens (tertiary/aromatic N) is 4. The minimum atomic E-state index is -4.03. The molecule has 13 nitrogen and oxygen atoms in total. The van der Waals surface area contributed by atoms with Crippen molar-refractivity contribution in [2.24, 2.45) is 35.0 Å². The lowest BCUT2D eigenvalue weighted by atomic mass is 9.60. The Morgan fingerprint density at radius 3 is 2.59 bits per heavy atom. The molecule has 2 aromatic rings. The Bertz CT molecular complexity index is 2470. The molecule has 66 heavy (non-hydrogen) atoms. The quantitative estimate of drug-likeness (QED) is 0.320. The molecular formula is C50H66ClN5O8S2. The molecule has 3 aliphatic carbocycles. The summed E-state index contributed by atoms with van der Waals surface area (Å²) in [6.45, 7) is 10.4. The minimum Gasteiger partial charge on any atom is -0.491 e. The van der Waals surface area contributed by atoms with Crippen LogP contribution < -0.4 is 14.4 Å². The van der Waals surface area contributed by atoms with E-state index in [1.165, 1.54) is 0 Å². The van der Waals surface area contributed by atoms with Crippen LogP contribution in [-0.4, -0.2) is 139 Å². The zero-order valence-electron chi connectivity index (χ0n) is 38.5. The molecule has 4 aliphatic heterocycles. The number of carbonyl (C=O) groups is 2. The molecule has 0 aromatic heterocycles. The standard InChI is InChI=1S/C50H66ClN5O8S2/c1-35-9-7-21-50(63-3,33-53-22-23-54-24-25-55(31-41(54)30-53)47(57)19-26-65(59,60)42-11-5-4-6-12-42)44-16-13-39(44)29-56-32-49(20-8-10-37-27-40(51)15-17-43(37)49)34-64-46-18-14-38(28-45(46)56)48(58)52-66(61,62)36(35)2/h4-7,11-12,14-15,17-18,21,27-28,35-37,39,41,43-44H,8-10,13,16,19-20,22-26,29-34H2,1-3H3,(H,52,58)/b21-7+/t35-,36+,37?,39-,41-,43?,44?,49-,50?/m0/s1. The van der Waals surface area contributed by atoms with Gasteiger partial charge in [0.15, 0.2) is 9.84 Å². The predicted molar refractivity (Wildman–Crippen MR) is 257 cm³/mol. The maximum absolute atomic E-state index is 13.8. The van der Waals surface area contributed by atoms with Crippen molar-refractivity contribution in [1.82, 2.24) is 19.4 Å². The number of benzene rings is 2. The largest absolute Gasteiger partial charge is 0.491 e. The Hall–Kier alpha value is -3.73. The van der Waals surface area contributed by atoms with Gasteiger partial charge in [-0.2, -0.15) is 0 Å². The van der Waals surface area contributed by atoms with Gasteiger partial charge in [-0.05, 0) is 105 Å². The summed E-state index contributed by atoms with van der Waals surface area (Å²) in [5.41, 5.74) is 0.170. The maximum atomic E-state index is 13.8. The highest BCUT2D eigenvalue weighted by Gasteiger charge is 2.52. The first-order valence-corrected chi connectivity index (χ1v) is 27.5. The van der Waals surface area contributed by atoms with Gasteiger partial charge in [-0.25, -0.2) is 21.6 Å².